The minimum Gasteiger partial charge on any atom is -0.493 e. The van der Waals surface area contributed by atoms with Crippen molar-refractivity contribution in [3.63, 3.8) is 0 Å². The summed E-state index contributed by atoms with van der Waals surface area (Å²) in [6.07, 6.45) is 0.554. The van der Waals surface area contributed by atoms with Gasteiger partial charge in [0.25, 0.3) is 5.91 Å². The van der Waals surface area contributed by atoms with E-state index in [0.29, 0.717) is 13.0 Å². The van der Waals surface area contributed by atoms with Gasteiger partial charge in [-0.05, 0) is 38.3 Å². The second-order valence-corrected chi connectivity index (χ2v) is 8.73. The van der Waals surface area contributed by atoms with E-state index in [1.807, 2.05) is 32.0 Å². The van der Waals surface area contributed by atoms with E-state index < -0.39 is 15.7 Å². The predicted molar refractivity (Wildman–Crippen MR) is 94.9 cm³/mol. The Bertz CT molecular complexity index is 960. The maximum absolute atomic E-state index is 12.0. The Labute approximate surface area is 146 Å². The van der Waals surface area contributed by atoms with Crippen molar-refractivity contribution in [1.82, 2.24) is 4.57 Å². The van der Waals surface area contributed by atoms with E-state index in [1.165, 1.54) is 0 Å². The number of hydrogen-bond acceptors (Lipinski definition) is 5. The Morgan fingerprint density at radius 2 is 2.16 bits per heavy atom. The number of rotatable bonds is 4. The molecule has 1 N–H and O–H groups in total. The molecule has 0 spiro atoms. The van der Waals surface area contributed by atoms with Crippen LogP contribution in [0.15, 0.2) is 28.4 Å². The van der Waals surface area contributed by atoms with Crippen molar-refractivity contribution in [2.75, 3.05) is 11.5 Å². The van der Waals surface area contributed by atoms with E-state index in [1.54, 1.807) is 4.57 Å². The van der Waals surface area contributed by atoms with Gasteiger partial charge < -0.3 is 9.67 Å². The molecule has 1 amide bonds. The van der Waals surface area contributed by atoms with Crippen LogP contribution in [0.4, 0.5) is 5.69 Å². The molecule has 1 atom stereocenters. The van der Waals surface area contributed by atoms with Gasteiger partial charge >= 0.3 is 0 Å². The molecule has 3 rings (SSSR count). The van der Waals surface area contributed by atoms with E-state index in [2.05, 4.69) is 10.2 Å². The van der Waals surface area contributed by atoms with Crippen molar-refractivity contribution in [3.05, 3.63) is 23.8 Å². The molecule has 7 nitrogen and oxygen atoms in total. The third kappa shape index (κ3) is 3.58. The fourth-order valence-electron chi connectivity index (χ4n) is 3.28. The first-order valence-electron chi connectivity index (χ1n) is 8.27. The highest BCUT2D eigenvalue weighted by molar-refractivity contribution is 7.91. The SMILES string of the molecule is CCn1c(O)c(N=NC(=O)C[C@H]2CCS(=O)(=O)C2)c2cc(C)ccc21. The van der Waals surface area contributed by atoms with Gasteiger partial charge in [0.2, 0.25) is 5.88 Å². The first kappa shape index (κ1) is 17.6. The standard InChI is InChI=1S/C17H21N3O4S/c1-3-20-14-5-4-11(2)8-13(14)16(17(20)22)19-18-15(21)9-12-6-7-25(23,24)10-12/h4-5,8,12,22H,3,6-7,9-10H2,1-2H3/t12-/m1/s1. The molecule has 1 saturated heterocycles. The van der Waals surface area contributed by atoms with Crippen LogP contribution in [0, 0.1) is 12.8 Å². The molecule has 0 saturated carbocycles. The molecule has 1 aliphatic heterocycles. The normalized spacial score (nSPS) is 19.8. The largest absolute Gasteiger partial charge is 0.493 e. The first-order valence-corrected chi connectivity index (χ1v) is 10.1. The number of benzene rings is 1. The number of sulfone groups is 1. The molecule has 1 aliphatic rings. The van der Waals surface area contributed by atoms with Crippen LogP contribution in [0.5, 0.6) is 5.88 Å². The third-order valence-corrected chi connectivity index (χ3v) is 6.37. The monoisotopic (exact) mass is 363 g/mol. The summed E-state index contributed by atoms with van der Waals surface area (Å²) in [5, 5.41) is 18.8. The van der Waals surface area contributed by atoms with Crippen LogP contribution in [0.2, 0.25) is 0 Å². The molecule has 1 aromatic carbocycles. The summed E-state index contributed by atoms with van der Waals surface area (Å²) in [6.45, 7) is 4.41. The van der Waals surface area contributed by atoms with Crippen LogP contribution in [0.3, 0.4) is 0 Å². The quantitative estimate of drug-likeness (QED) is 0.843. The van der Waals surface area contributed by atoms with Gasteiger partial charge in [-0.15, -0.1) is 10.2 Å². The molecule has 2 heterocycles. The van der Waals surface area contributed by atoms with Crippen LogP contribution in [0.1, 0.15) is 25.3 Å². The molecule has 0 aliphatic carbocycles. The highest BCUT2D eigenvalue weighted by Crippen LogP contribution is 2.39. The maximum atomic E-state index is 12.0. The van der Waals surface area contributed by atoms with Gasteiger partial charge in [0.15, 0.2) is 15.5 Å². The number of nitrogens with zero attached hydrogens (tertiary/aromatic N) is 3. The maximum Gasteiger partial charge on any atom is 0.265 e. The van der Waals surface area contributed by atoms with Crippen LogP contribution in [-0.2, 0) is 21.2 Å². The number of fused-ring (bicyclic) bond motifs is 1. The lowest BCUT2D eigenvalue weighted by atomic mass is 10.1. The van der Waals surface area contributed by atoms with Gasteiger partial charge in [-0.25, -0.2) is 8.42 Å². The Morgan fingerprint density at radius 3 is 2.80 bits per heavy atom. The van der Waals surface area contributed by atoms with Crippen molar-refractivity contribution in [2.45, 2.75) is 33.2 Å². The van der Waals surface area contributed by atoms with Crippen molar-refractivity contribution < 1.29 is 18.3 Å². The molecule has 0 unspecified atom stereocenters. The topological polar surface area (TPSA) is 101 Å². The van der Waals surface area contributed by atoms with Crippen LogP contribution >= 0.6 is 0 Å². The Morgan fingerprint density at radius 1 is 1.40 bits per heavy atom. The average Bonchev–Trinajstić information content (AvgIpc) is 3.01. The molecule has 0 bridgehead atoms. The van der Waals surface area contributed by atoms with Crippen LogP contribution in [0.25, 0.3) is 10.9 Å². The number of amides is 1. The minimum absolute atomic E-state index is 0.0249. The number of aromatic hydroxyl groups is 1. The third-order valence-electron chi connectivity index (χ3n) is 4.53. The fraction of sp³-hybridized carbons (Fsp3) is 0.471. The Balaban J connectivity index is 1.85. The zero-order valence-electron chi connectivity index (χ0n) is 14.3. The van der Waals surface area contributed by atoms with E-state index in [9.17, 15) is 18.3 Å². The molecule has 25 heavy (non-hydrogen) atoms. The number of azo groups is 1. The van der Waals surface area contributed by atoms with Crippen molar-refractivity contribution in [2.24, 2.45) is 16.1 Å². The smallest absolute Gasteiger partial charge is 0.265 e. The molecule has 134 valence electrons. The number of aryl methyl sites for hydroxylation is 2. The predicted octanol–water partition coefficient (Wildman–Crippen LogP) is 3.11. The molecule has 0 radical (unpaired) electrons. The lowest BCUT2D eigenvalue weighted by Crippen LogP contribution is -2.08. The van der Waals surface area contributed by atoms with Gasteiger partial charge in [0, 0.05) is 18.4 Å². The van der Waals surface area contributed by atoms with E-state index >= 15 is 0 Å². The van der Waals surface area contributed by atoms with Gasteiger partial charge in [0.1, 0.15) is 0 Å². The zero-order valence-corrected chi connectivity index (χ0v) is 15.1. The van der Waals surface area contributed by atoms with Crippen LogP contribution < -0.4 is 0 Å². The summed E-state index contributed by atoms with van der Waals surface area (Å²) < 4.78 is 24.6. The molecule has 1 fully saturated rings. The van der Waals surface area contributed by atoms with E-state index in [-0.39, 0.29) is 35.4 Å². The minimum atomic E-state index is -3.02. The summed E-state index contributed by atoms with van der Waals surface area (Å²) in [7, 11) is -3.02. The summed E-state index contributed by atoms with van der Waals surface area (Å²) >= 11 is 0. The first-order chi connectivity index (χ1) is 11.8. The summed E-state index contributed by atoms with van der Waals surface area (Å²) in [5.41, 5.74) is 2.11. The second-order valence-electron chi connectivity index (χ2n) is 6.50. The second kappa shape index (κ2) is 6.59. The molecular formula is C17H21N3O4S. The highest BCUT2D eigenvalue weighted by Gasteiger charge is 2.29. The van der Waals surface area contributed by atoms with Gasteiger partial charge in [-0.3, -0.25) is 4.79 Å². The van der Waals surface area contributed by atoms with Crippen LogP contribution in [-0.4, -0.2) is 35.5 Å². The number of carbonyl (C=O) groups is 1. The molecule has 1 aromatic heterocycles. The lowest BCUT2D eigenvalue weighted by Gasteiger charge is -2.02. The lowest BCUT2D eigenvalue weighted by molar-refractivity contribution is -0.119. The highest BCUT2D eigenvalue weighted by atomic mass is 32.2. The Kier molecular flexibility index (Phi) is 4.64. The average molecular weight is 363 g/mol. The summed E-state index contributed by atoms with van der Waals surface area (Å²) in [6, 6.07) is 5.74. The van der Waals surface area contributed by atoms with E-state index in [0.717, 1.165) is 16.5 Å². The number of aromatic nitrogens is 1. The Hall–Kier alpha value is -2.22. The van der Waals surface area contributed by atoms with Gasteiger partial charge in [-0.1, -0.05) is 11.6 Å². The van der Waals surface area contributed by atoms with Crippen molar-refractivity contribution in [1.29, 1.82) is 0 Å². The molecular weight excluding hydrogens is 342 g/mol. The fourth-order valence-corrected chi connectivity index (χ4v) is 5.14. The summed E-state index contributed by atoms with van der Waals surface area (Å²) in [4.78, 5) is 12.0. The van der Waals surface area contributed by atoms with E-state index in [4.69, 9.17) is 0 Å². The number of carbonyl (C=O) groups excluding carboxylic acids is 1. The van der Waals surface area contributed by atoms with Crippen molar-refractivity contribution in [3.8, 4) is 5.88 Å². The zero-order chi connectivity index (χ0) is 18.2. The van der Waals surface area contributed by atoms with Gasteiger partial charge in [-0.2, -0.15) is 0 Å². The molecule has 2 aromatic rings. The molecule has 8 heteroatoms. The summed E-state index contributed by atoms with van der Waals surface area (Å²) in [5.74, 6) is -0.515. The van der Waals surface area contributed by atoms with Crippen molar-refractivity contribution >= 4 is 32.3 Å². The van der Waals surface area contributed by atoms with Gasteiger partial charge in [0.05, 0.1) is 17.0 Å². The number of hydrogen-bond donors (Lipinski definition) is 1.